The predicted molar refractivity (Wildman–Crippen MR) is 141 cm³/mol. The standard InChI is InChI=1S/C28H27ClF2N2O5S/c1-15-8-9-32-24(10-15)26(34)28(36)17-3-4-18(28)13-20(12-17)39(37,38)25-11-16(2-6-21(25)29)27(35)33-19-5-7-22(30)23(31)14-19/h2,5-11,14,17-18,20,26,34,36H,3-4,12-13H2,1H3,(H,33,35)/t17-,18?,20-,26+,28-/m0/s1. The molecule has 2 bridgehead atoms. The Morgan fingerprint density at radius 3 is 2.41 bits per heavy atom. The molecule has 2 fully saturated rings. The van der Waals surface area contributed by atoms with Crippen LogP contribution in [0.15, 0.2) is 59.6 Å². The van der Waals surface area contributed by atoms with Gasteiger partial charge in [-0.15, -0.1) is 0 Å². The third-order valence-electron chi connectivity index (χ3n) is 8.04. The molecular formula is C28H27ClF2N2O5S. The van der Waals surface area contributed by atoms with Crippen molar-refractivity contribution in [2.45, 2.75) is 54.5 Å². The number of aryl methyl sites for hydroxylation is 1. The average molecular weight is 577 g/mol. The Balaban J connectivity index is 1.39. The number of amides is 1. The number of nitrogens with zero attached hydrogens (tertiary/aromatic N) is 1. The van der Waals surface area contributed by atoms with Gasteiger partial charge in [0.25, 0.3) is 5.91 Å². The highest BCUT2D eigenvalue weighted by Crippen LogP contribution is 2.56. The minimum absolute atomic E-state index is 0.00283. The van der Waals surface area contributed by atoms with Gasteiger partial charge in [-0.1, -0.05) is 11.6 Å². The zero-order valence-electron chi connectivity index (χ0n) is 20.9. The first-order valence-electron chi connectivity index (χ1n) is 12.5. The van der Waals surface area contributed by atoms with Gasteiger partial charge in [0, 0.05) is 23.5 Å². The summed E-state index contributed by atoms with van der Waals surface area (Å²) in [6.45, 7) is 1.86. The molecule has 3 aromatic rings. The molecule has 0 aliphatic heterocycles. The zero-order valence-corrected chi connectivity index (χ0v) is 22.5. The van der Waals surface area contributed by atoms with Crippen LogP contribution in [0.3, 0.4) is 0 Å². The van der Waals surface area contributed by atoms with Crippen molar-refractivity contribution < 1.29 is 32.2 Å². The first-order chi connectivity index (χ1) is 18.4. The fourth-order valence-electron chi connectivity index (χ4n) is 6.01. The van der Waals surface area contributed by atoms with Crippen molar-refractivity contribution in [3.05, 3.63) is 88.2 Å². The summed E-state index contributed by atoms with van der Waals surface area (Å²) in [5.41, 5.74) is -0.308. The van der Waals surface area contributed by atoms with Crippen LogP contribution in [0.2, 0.25) is 5.02 Å². The van der Waals surface area contributed by atoms with E-state index in [0.717, 1.165) is 17.7 Å². The Labute approximate surface area is 229 Å². The normalized spacial score (nSPS) is 25.3. The summed E-state index contributed by atoms with van der Waals surface area (Å²) in [5, 5.41) is 24.3. The summed E-state index contributed by atoms with van der Waals surface area (Å²) < 4.78 is 54.3. The Bertz CT molecular complexity index is 1540. The molecule has 2 aromatic carbocycles. The first kappa shape index (κ1) is 27.6. The van der Waals surface area contributed by atoms with Gasteiger partial charge in [0.15, 0.2) is 21.5 Å². The van der Waals surface area contributed by atoms with E-state index < -0.39 is 56.2 Å². The molecule has 206 valence electrons. The number of benzene rings is 2. The number of aliphatic hydroxyl groups excluding tert-OH is 1. The Morgan fingerprint density at radius 2 is 1.77 bits per heavy atom. The highest BCUT2D eigenvalue weighted by atomic mass is 35.5. The number of nitrogens with one attached hydrogen (secondary N) is 1. The van der Waals surface area contributed by atoms with E-state index >= 15 is 0 Å². The molecule has 0 saturated heterocycles. The van der Waals surface area contributed by atoms with Gasteiger partial charge in [0.1, 0.15) is 11.7 Å². The van der Waals surface area contributed by atoms with Crippen molar-refractivity contribution in [3.63, 3.8) is 0 Å². The molecule has 1 aromatic heterocycles. The molecule has 1 heterocycles. The second-order valence-corrected chi connectivity index (χ2v) is 13.0. The van der Waals surface area contributed by atoms with Crippen molar-refractivity contribution in [1.82, 2.24) is 4.98 Å². The number of carbonyl (C=O) groups excluding carboxylic acids is 1. The molecule has 2 aliphatic carbocycles. The minimum atomic E-state index is -4.04. The maximum Gasteiger partial charge on any atom is 0.255 e. The number of pyridine rings is 1. The molecule has 2 aliphatic rings. The number of hydrogen-bond acceptors (Lipinski definition) is 6. The van der Waals surface area contributed by atoms with Gasteiger partial charge in [-0.25, -0.2) is 17.2 Å². The maximum absolute atomic E-state index is 13.8. The van der Waals surface area contributed by atoms with Crippen LogP contribution >= 0.6 is 11.6 Å². The number of carbonyl (C=O) groups is 1. The van der Waals surface area contributed by atoms with E-state index in [2.05, 4.69) is 10.3 Å². The minimum Gasteiger partial charge on any atom is -0.386 e. The highest BCUT2D eigenvalue weighted by molar-refractivity contribution is 7.92. The zero-order chi connectivity index (χ0) is 28.1. The number of rotatable bonds is 6. The van der Waals surface area contributed by atoms with E-state index in [1.807, 2.05) is 6.92 Å². The van der Waals surface area contributed by atoms with Crippen LogP contribution in [0.1, 0.15) is 53.4 Å². The molecule has 1 amide bonds. The lowest BCUT2D eigenvalue weighted by Gasteiger charge is -2.45. The molecule has 5 atom stereocenters. The summed E-state index contributed by atoms with van der Waals surface area (Å²) in [7, 11) is -4.04. The van der Waals surface area contributed by atoms with Crippen molar-refractivity contribution in [3.8, 4) is 0 Å². The van der Waals surface area contributed by atoms with E-state index in [-0.39, 0.29) is 34.0 Å². The number of hydrogen-bond donors (Lipinski definition) is 3. The van der Waals surface area contributed by atoms with Crippen LogP contribution in [0.5, 0.6) is 0 Å². The lowest BCUT2D eigenvalue weighted by molar-refractivity contribution is -0.145. The van der Waals surface area contributed by atoms with Crippen LogP contribution in [-0.4, -0.2) is 40.4 Å². The highest BCUT2D eigenvalue weighted by Gasteiger charge is 2.59. The number of sulfone groups is 1. The van der Waals surface area contributed by atoms with Gasteiger partial charge >= 0.3 is 0 Å². The van der Waals surface area contributed by atoms with Crippen LogP contribution in [-0.2, 0) is 9.84 Å². The van der Waals surface area contributed by atoms with Gasteiger partial charge in [-0.05, 0) is 92.5 Å². The summed E-state index contributed by atoms with van der Waals surface area (Å²) >= 11 is 6.29. The topological polar surface area (TPSA) is 117 Å². The maximum atomic E-state index is 13.8. The molecule has 39 heavy (non-hydrogen) atoms. The van der Waals surface area contributed by atoms with Crippen molar-refractivity contribution in [1.29, 1.82) is 0 Å². The van der Waals surface area contributed by atoms with Gasteiger partial charge in [0.2, 0.25) is 0 Å². The Hall–Kier alpha value is -2.92. The molecule has 5 rings (SSSR count). The molecular weight excluding hydrogens is 550 g/mol. The average Bonchev–Trinajstić information content (AvgIpc) is 3.05. The van der Waals surface area contributed by atoms with Gasteiger partial charge < -0.3 is 15.5 Å². The molecule has 3 N–H and O–H groups in total. The monoisotopic (exact) mass is 576 g/mol. The van der Waals surface area contributed by atoms with Crippen molar-refractivity contribution in [2.75, 3.05) is 5.32 Å². The van der Waals surface area contributed by atoms with Crippen LogP contribution in [0.25, 0.3) is 0 Å². The van der Waals surface area contributed by atoms with Crippen LogP contribution < -0.4 is 5.32 Å². The van der Waals surface area contributed by atoms with Gasteiger partial charge in [-0.2, -0.15) is 0 Å². The SMILES string of the molecule is Cc1ccnc([C@@H](O)[C@@]2(O)C3CC[C@H]2C[C@H](S(=O)(=O)c2cc(C(=O)Nc4ccc(F)c(F)c4)ccc2Cl)C3)c1. The number of aromatic nitrogens is 1. The van der Waals surface area contributed by atoms with E-state index in [0.29, 0.717) is 18.5 Å². The summed E-state index contributed by atoms with van der Waals surface area (Å²) in [4.78, 5) is 16.8. The summed E-state index contributed by atoms with van der Waals surface area (Å²) in [6, 6.07) is 10.2. The van der Waals surface area contributed by atoms with E-state index in [1.165, 1.54) is 24.3 Å². The van der Waals surface area contributed by atoms with Gasteiger partial charge in [0.05, 0.1) is 20.9 Å². The number of halogens is 3. The molecule has 0 radical (unpaired) electrons. The van der Waals surface area contributed by atoms with Crippen molar-refractivity contribution in [2.24, 2.45) is 11.8 Å². The summed E-state index contributed by atoms with van der Waals surface area (Å²) in [6.07, 6.45) is 1.64. The second kappa shape index (κ2) is 10.2. The second-order valence-electron chi connectivity index (χ2n) is 10.4. The fraction of sp³-hybridized carbons (Fsp3) is 0.357. The predicted octanol–water partition coefficient (Wildman–Crippen LogP) is 5.00. The smallest absolute Gasteiger partial charge is 0.255 e. The molecule has 1 unspecified atom stereocenters. The van der Waals surface area contributed by atoms with E-state index in [9.17, 15) is 32.2 Å². The third-order valence-corrected chi connectivity index (χ3v) is 10.7. The first-order valence-corrected chi connectivity index (χ1v) is 14.5. The molecule has 2 saturated carbocycles. The van der Waals surface area contributed by atoms with Gasteiger partial charge in [-0.3, -0.25) is 9.78 Å². The Kier molecular flexibility index (Phi) is 7.26. The lowest BCUT2D eigenvalue weighted by atomic mass is 9.70. The van der Waals surface area contributed by atoms with Crippen molar-refractivity contribution >= 4 is 33.0 Å². The molecule has 0 spiro atoms. The van der Waals surface area contributed by atoms with Crippen LogP contribution in [0, 0.1) is 30.4 Å². The molecule has 11 heteroatoms. The van der Waals surface area contributed by atoms with E-state index in [4.69, 9.17) is 11.6 Å². The third kappa shape index (κ3) is 4.95. The number of anilines is 1. The largest absolute Gasteiger partial charge is 0.386 e. The Morgan fingerprint density at radius 1 is 1.08 bits per heavy atom. The van der Waals surface area contributed by atoms with Crippen LogP contribution in [0.4, 0.5) is 14.5 Å². The van der Waals surface area contributed by atoms with E-state index in [1.54, 1.807) is 18.3 Å². The quantitative estimate of drug-likeness (QED) is 0.380. The summed E-state index contributed by atoms with van der Waals surface area (Å²) in [5.74, 6) is -3.88. The molecule has 7 nitrogen and oxygen atoms in total. The number of fused-ring (bicyclic) bond motifs is 2. The number of aliphatic hydroxyl groups is 2. The lowest BCUT2D eigenvalue weighted by Crippen LogP contribution is -2.52. The fourth-order valence-corrected chi connectivity index (χ4v) is 8.41.